The number of nitrogens with zero attached hydrogens (tertiary/aromatic N) is 1. The molecule has 0 aliphatic carbocycles. The van der Waals surface area contributed by atoms with Crippen molar-refractivity contribution >= 4 is 11.6 Å². The van der Waals surface area contributed by atoms with E-state index in [1.54, 1.807) is 12.1 Å². The van der Waals surface area contributed by atoms with Crippen molar-refractivity contribution in [3.05, 3.63) is 99.2 Å². The topological polar surface area (TPSA) is 51.1 Å². The zero-order valence-electron chi connectivity index (χ0n) is 14.6. The fourth-order valence-corrected chi connectivity index (χ4v) is 2.82. The van der Waals surface area contributed by atoms with E-state index in [0.29, 0.717) is 11.1 Å². The Hall–Kier alpha value is -3.21. The predicted octanol–water partition coefficient (Wildman–Crippen LogP) is 3.90. The van der Waals surface area contributed by atoms with Crippen LogP contribution in [0, 0.1) is 19.7 Å². The smallest absolute Gasteiger partial charge is 0.257 e. The molecule has 3 rings (SSSR count). The van der Waals surface area contributed by atoms with Crippen LogP contribution in [-0.2, 0) is 6.54 Å². The summed E-state index contributed by atoms with van der Waals surface area (Å²) in [6.07, 6.45) is 1.50. The summed E-state index contributed by atoms with van der Waals surface area (Å²) in [6.45, 7) is 4.04. The highest BCUT2D eigenvalue weighted by Crippen LogP contribution is 2.20. The van der Waals surface area contributed by atoms with E-state index >= 15 is 0 Å². The summed E-state index contributed by atoms with van der Waals surface area (Å²) in [6, 6.07) is 14.7. The third-order valence-corrected chi connectivity index (χ3v) is 4.21. The number of carbonyl (C=O) groups excluding carboxylic acids is 1. The minimum atomic E-state index is -0.362. The highest BCUT2D eigenvalue weighted by molar-refractivity contribution is 6.04. The minimum Gasteiger partial charge on any atom is -0.321 e. The van der Waals surface area contributed by atoms with Gasteiger partial charge in [-0.3, -0.25) is 9.59 Å². The van der Waals surface area contributed by atoms with Crippen molar-refractivity contribution in [2.75, 3.05) is 5.32 Å². The van der Waals surface area contributed by atoms with Crippen LogP contribution in [-0.4, -0.2) is 10.5 Å². The van der Waals surface area contributed by atoms with Crippen LogP contribution >= 0.6 is 0 Å². The fourth-order valence-electron chi connectivity index (χ4n) is 2.82. The number of para-hydroxylation sites is 1. The first-order valence-corrected chi connectivity index (χ1v) is 8.26. The molecule has 1 heterocycles. The van der Waals surface area contributed by atoms with Gasteiger partial charge in [0.1, 0.15) is 5.82 Å². The Morgan fingerprint density at radius 3 is 2.42 bits per heavy atom. The fraction of sp³-hybridized carbons (Fsp3) is 0.143. The standard InChI is InChI=1S/C21H19FN2O2/c1-14-5-3-6-15(2)20(14)23-21(26)17-9-10-19(25)24(13-17)12-16-7-4-8-18(22)11-16/h3-11,13H,12H2,1-2H3,(H,23,26). The molecule has 0 atom stereocenters. The zero-order valence-corrected chi connectivity index (χ0v) is 14.6. The maximum Gasteiger partial charge on any atom is 0.257 e. The summed E-state index contributed by atoms with van der Waals surface area (Å²) in [5, 5.41) is 2.90. The van der Waals surface area contributed by atoms with Crippen LogP contribution in [0.1, 0.15) is 27.0 Å². The van der Waals surface area contributed by atoms with Crippen molar-refractivity contribution in [3.63, 3.8) is 0 Å². The van der Waals surface area contributed by atoms with Gasteiger partial charge in [0.15, 0.2) is 0 Å². The summed E-state index contributed by atoms with van der Waals surface area (Å²) in [5.41, 5.74) is 3.46. The molecule has 2 aromatic carbocycles. The van der Waals surface area contributed by atoms with Crippen molar-refractivity contribution in [2.24, 2.45) is 0 Å². The SMILES string of the molecule is Cc1cccc(C)c1NC(=O)c1ccc(=O)n(Cc2cccc(F)c2)c1. The lowest BCUT2D eigenvalue weighted by molar-refractivity contribution is 0.102. The normalized spacial score (nSPS) is 10.6. The van der Waals surface area contributed by atoms with Crippen molar-refractivity contribution in [3.8, 4) is 0 Å². The van der Waals surface area contributed by atoms with E-state index in [4.69, 9.17) is 0 Å². The Bertz CT molecular complexity index is 1000. The van der Waals surface area contributed by atoms with E-state index in [1.807, 2.05) is 32.0 Å². The lowest BCUT2D eigenvalue weighted by Crippen LogP contribution is -2.23. The van der Waals surface area contributed by atoms with Gasteiger partial charge in [-0.1, -0.05) is 30.3 Å². The van der Waals surface area contributed by atoms with Gasteiger partial charge in [0.2, 0.25) is 0 Å². The molecule has 1 aromatic heterocycles. The van der Waals surface area contributed by atoms with E-state index in [1.165, 1.54) is 35.0 Å². The van der Waals surface area contributed by atoms with Gasteiger partial charge in [-0.05, 0) is 48.7 Å². The molecule has 0 saturated heterocycles. The number of aromatic nitrogens is 1. The van der Waals surface area contributed by atoms with Crippen LogP contribution in [0.2, 0.25) is 0 Å². The largest absolute Gasteiger partial charge is 0.321 e. The number of amides is 1. The molecule has 0 unspecified atom stereocenters. The molecule has 0 spiro atoms. The number of carbonyl (C=O) groups is 1. The van der Waals surface area contributed by atoms with E-state index in [9.17, 15) is 14.0 Å². The van der Waals surface area contributed by atoms with Gasteiger partial charge in [0, 0.05) is 18.0 Å². The highest BCUT2D eigenvalue weighted by Gasteiger charge is 2.11. The molecular weight excluding hydrogens is 331 g/mol. The second kappa shape index (κ2) is 7.35. The molecule has 0 bridgehead atoms. The van der Waals surface area contributed by atoms with Crippen LogP contribution in [0.4, 0.5) is 10.1 Å². The number of hydrogen-bond acceptors (Lipinski definition) is 2. The average Bonchev–Trinajstić information content (AvgIpc) is 2.60. The molecule has 5 heteroatoms. The Kier molecular flexibility index (Phi) is 4.98. The Labute approximate surface area is 150 Å². The number of pyridine rings is 1. The van der Waals surface area contributed by atoms with Crippen LogP contribution in [0.15, 0.2) is 65.6 Å². The summed E-state index contributed by atoms with van der Waals surface area (Å²) < 4.78 is 14.7. The molecule has 0 aliphatic heterocycles. The minimum absolute atomic E-state index is 0.196. The molecule has 132 valence electrons. The van der Waals surface area contributed by atoms with Gasteiger partial charge in [-0.2, -0.15) is 0 Å². The molecule has 0 aliphatic rings. The number of nitrogens with one attached hydrogen (secondary N) is 1. The number of halogens is 1. The third kappa shape index (κ3) is 3.88. The monoisotopic (exact) mass is 350 g/mol. The number of anilines is 1. The number of aryl methyl sites for hydroxylation is 2. The number of rotatable bonds is 4. The Morgan fingerprint density at radius 2 is 1.73 bits per heavy atom. The van der Waals surface area contributed by atoms with Crippen LogP contribution in [0.3, 0.4) is 0 Å². The van der Waals surface area contributed by atoms with Gasteiger partial charge < -0.3 is 9.88 Å². The van der Waals surface area contributed by atoms with Gasteiger partial charge >= 0.3 is 0 Å². The molecule has 1 amide bonds. The summed E-state index contributed by atoms with van der Waals surface area (Å²) in [5.74, 6) is -0.658. The van der Waals surface area contributed by atoms with Crippen molar-refractivity contribution in [2.45, 2.75) is 20.4 Å². The van der Waals surface area contributed by atoms with Crippen molar-refractivity contribution in [1.82, 2.24) is 4.57 Å². The average molecular weight is 350 g/mol. The third-order valence-electron chi connectivity index (χ3n) is 4.21. The van der Waals surface area contributed by atoms with Crippen LogP contribution in [0.25, 0.3) is 0 Å². The molecular formula is C21H19FN2O2. The van der Waals surface area contributed by atoms with Gasteiger partial charge in [0.05, 0.1) is 12.1 Å². The zero-order chi connectivity index (χ0) is 18.7. The molecule has 4 nitrogen and oxygen atoms in total. The highest BCUT2D eigenvalue weighted by atomic mass is 19.1. The molecule has 0 radical (unpaired) electrons. The number of hydrogen-bond donors (Lipinski definition) is 1. The molecule has 3 aromatic rings. The Morgan fingerprint density at radius 1 is 1.04 bits per heavy atom. The van der Waals surface area contributed by atoms with E-state index < -0.39 is 0 Å². The van der Waals surface area contributed by atoms with Crippen LogP contribution in [0.5, 0.6) is 0 Å². The molecule has 0 saturated carbocycles. The van der Waals surface area contributed by atoms with Gasteiger partial charge in [-0.15, -0.1) is 0 Å². The molecule has 0 fully saturated rings. The lowest BCUT2D eigenvalue weighted by Gasteiger charge is -2.12. The summed E-state index contributed by atoms with van der Waals surface area (Å²) in [4.78, 5) is 24.7. The van der Waals surface area contributed by atoms with E-state index in [-0.39, 0.29) is 23.8 Å². The molecule has 1 N–H and O–H groups in total. The quantitative estimate of drug-likeness (QED) is 0.776. The second-order valence-electron chi connectivity index (χ2n) is 6.23. The van der Waals surface area contributed by atoms with Gasteiger partial charge in [-0.25, -0.2) is 4.39 Å². The first kappa shape index (κ1) is 17.6. The first-order chi connectivity index (χ1) is 12.4. The first-order valence-electron chi connectivity index (χ1n) is 8.26. The maximum absolute atomic E-state index is 13.3. The van der Waals surface area contributed by atoms with Crippen LogP contribution < -0.4 is 10.9 Å². The van der Waals surface area contributed by atoms with E-state index in [0.717, 1.165) is 16.8 Å². The number of benzene rings is 2. The summed E-state index contributed by atoms with van der Waals surface area (Å²) in [7, 11) is 0. The van der Waals surface area contributed by atoms with Crippen molar-refractivity contribution < 1.29 is 9.18 Å². The summed E-state index contributed by atoms with van der Waals surface area (Å²) >= 11 is 0. The molecule has 26 heavy (non-hydrogen) atoms. The predicted molar refractivity (Wildman–Crippen MR) is 100 cm³/mol. The van der Waals surface area contributed by atoms with Gasteiger partial charge in [0.25, 0.3) is 11.5 Å². The van der Waals surface area contributed by atoms with E-state index in [2.05, 4.69) is 5.32 Å². The van der Waals surface area contributed by atoms with Crippen molar-refractivity contribution in [1.29, 1.82) is 0 Å². The maximum atomic E-state index is 13.3. The second-order valence-corrected chi connectivity index (χ2v) is 6.23. The Balaban J connectivity index is 1.87. The lowest BCUT2D eigenvalue weighted by atomic mass is 10.1.